The van der Waals surface area contributed by atoms with Gasteiger partial charge in [0, 0.05) is 17.7 Å². The predicted octanol–water partition coefficient (Wildman–Crippen LogP) is 6.11. The van der Waals surface area contributed by atoms with Crippen molar-refractivity contribution in [1.29, 1.82) is 0 Å². The number of rotatable bonds is 5. The monoisotopic (exact) mass is 407 g/mol. The van der Waals surface area contributed by atoms with Crippen LogP contribution in [0.25, 0.3) is 10.6 Å². The summed E-state index contributed by atoms with van der Waals surface area (Å²) in [6.45, 7) is 13.4. The van der Waals surface area contributed by atoms with Gasteiger partial charge in [0.1, 0.15) is 5.01 Å². The number of aryl methyl sites for hydroxylation is 1. The second kappa shape index (κ2) is 8.46. The molecule has 1 heterocycles. The summed E-state index contributed by atoms with van der Waals surface area (Å²) in [5, 5.41) is 10.2. The first-order valence-electron chi connectivity index (χ1n) is 9.98. The van der Waals surface area contributed by atoms with Gasteiger partial charge in [-0.2, -0.15) is 0 Å². The lowest BCUT2D eigenvalue weighted by Crippen LogP contribution is -2.34. The van der Waals surface area contributed by atoms with Crippen LogP contribution in [0.5, 0.6) is 0 Å². The molecule has 3 aromatic rings. The second-order valence-corrected chi connectivity index (χ2v) is 9.80. The van der Waals surface area contributed by atoms with Crippen LogP contribution in [0, 0.1) is 12.8 Å². The molecule has 5 heteroatoms. The molecule has 1 aromatic heterocycles. The summed E-state index contributed by atoms with van der Waals surface area (Å²) in [7, 11) is 0. The van der Waals surface area contributed by atoms with Crippen LogP contribution in [-0.4, -0.2) is 22.6 Å². The van der Waals surface area contributed by atoms with E-state index in [1.54, 1.807) is 4.90 Å². The topological polar surface area (TPSA) is 46.1 Å². The highest BCUT2D eigenvalue weighted by Crippen LogP contribution is 2.32. The number of nitrogens with zero attached hydrogens (tertiary/aromatic N) is 3. The normalized spacial score (nSPS) is 11.7. The van der Waals surface area contributed by atoms with E-state index in [4.69, 9.17) is 0 Å². The van der Waals surface area contributed by atoms with E-state index in [0.29, 0.717) is 23.2 Å². The number of anilines is 1. The number of hydrogen-bond donors (Lipinski definition) is 0. The highest BCUT2D eigenvalue weighted by atomic mass is 32.1. The van der Waals surface area contributed by atoms with Crippen molar-refractivity contribution in [3.05, 3.63) is 65.2 Å². The number of carbonyl (C=O) groups excluding carboxylic acids is 1. The third-order valence-corrected chi connectivity index (χ3v) is 5.79. The van der Waals surface area contributed by atoms with Gasteiger partial charge in [-0.15, -0.1) is 10.2 Å². The molecule has 0 saturated carbocycles. The number of amides is 1. The summed E-state index contributed by atoms with van der Waals surface area (Å²) in [6, 6.07) is 16.0. The number of carbonyl (C=O) groups is 1. The van der Waals surface area contributed by atoms with Gasteiger partial charge >= 0.3 is 0 Å². The maximum atomic E-state index is 13.3. The Labute approximate surface area is 177 Å². The Morgan fingerprint density at radius 3 is 2.28 bits per heavy atom. The van der Waals surface area contributed by atoms with E-state index >= 15 is 0 Å². The van der Waals surface area contributed by atoms with Crippen LogP contribution in [0.15, 0.2) is 48.5 Å². The van der Waals surface area contributed by atoms with E-state index in [-0.39, 0.29) is 11.3 Å². The van der Waals surface area contributed by atoms with Gasteiger partial charge in [-0.3, -0.25) is 9.69 Å². The van der Waals surface area contributed by atoms with Gasteiger partial charge < -0.3 is 0 Å². The van der Waals surface area contributed by atoms with Crippen molar-refractivity contribution < 1.29 is 4.79 Å². The van der Waals surface area contributed by atoms with Gasteiger partial charge in [-0.05, 0) is 41.5 Å². The van der Waals surface area contributed by atoms with Crippen molar-refractivity contribution in [2.45, 2.75) is 47.0 Å². The molecule has 0 spiro atoms. The molecule has 2 aromatic carbocycles. The molecule has 0 atom stereocenters. The van der Waals surface area contributed by atoms with Crippen LogP contribution in [0.4, 0.5) is 5.13 Å². The molecule has 0 N–H and O–H groups in total. The molecule has 4 nitrogen and oxygen atoms in total. The molecule has 0 saturated heterocycles. The summed E-state index contributed by atoms with van der Waals surface area (Å²) in [5.41, 5.74) is 4.15. The van der Waals surface area contributed by atoms with Crippen LogP contribution in [0.1, 0.15) is 56.1 Å². The fourth-order valence-corrected chi connectivity index (χ4v) is 4.07. The quantitative estimate of drug-likeness (QED) is 0.512. The van der Waals surface area contributed by atoms with E-state index in [9.17, 15) is 4.79 Å². The first-order chi connectivity index (χ1) is 13.7. The summed E-state index contributed by atoms with van der Waals surface area (Å²) >= 11 is 1.46. The molecule has 0 aliphatic carbocycles. The minimum Gasteiger partial charge on any atom is -0.282 e. The van der Waals surface area contributed by atoms with Gasteiger partial charge in [0.2, 0.25) is 5.13 Å². The van der Waals surface area contributed by atoms with E-state index in [0.717, 1.165) is 16.1 Å². The third-order valence-electron chi connectivity index (χ3n) is 4.81. The Hall–Kier alpha value is -2.53. The van der Waals surface area contributed by atoms with Gasteiger partial charge in [-0.1, -0.05) is 82.4 Å². The first kappa shape index (κ1) is 21.2. The molecule has 3 rings (SSSR count). The Bertz CT molecular complexity index is 984. The van der Waals surface area contributed by atoms with Crippen LogP contribution < -0.4 is 4.90 Å². The molecule has 0 unspecified atom stereocenters. The van der Waals surface area contributed by atoms with Gasteiger partial charge in [0.05, 0.1) is 0 Å². The van der Waals surface area contributed by atoms with Crippen molar-refractivity contribution in [2.75, 3.05) is 11.4 Å². The average molecular weight is 408 g/mol. The maximum Gasteiger partial charge on any atom is 0.260 e. The van der Waals surface area contributed by atoms with Crippen LogP contribution in [0.2, 0.25) is 0 Å². The molecular formula is C24H29N3OS. The van der Waals surface area contributed by atoms with Crippen LogP contribution in [-0.2, 0) is 5.41 Å². The lowest BCUT2D eigenvalue weighted by molar-refractivity contribution is 0.0983. The molecule has 1 amide bonds. The lowest BCUT2D eigenvalue weighted by atomic mass is 9.86. The van der Waals surface area contributed by atoms with Gasteiger partial charge in [0.15, 0.2) is 0 Å². The molecule has 0 aliphatic heterocycles. The van der Waals surface area contributed by atoms with E-state index in [2.05, 4.69) is 57.8 Å². The summed E-state index contributed by atoms with van der Waals surface area (Å²) in [4.78, 5) is 15.1. The molecular weight excluding hydrogens is 378 g/mol. The highest BCUT2D eigenvalue weighted by molar-refractivity contribution is 7.18. The Morgan fingerprint density at radius 2 is 1.69 bits per heavy atom. The second-order valence-electron chi connectivity index (χ2n) is 8.84. The van der Waals surface area contributed by atoms with E-state index in [1.807, 2.05) is 42.5 Å². The predicted molar refractivity (Wildman–Crippen MR) is 122 cm³/mol. The van der Waals surface area contributed by atoms with Crippen molar-refractivity contribution in [3.63, 3.8) is 0 Å². The molecule has 0 bridgehead atoms. The van der Waals surface area contributed by atoms with E-state index < -0.39 is 0 Å². The van der Waals surface area contributed by atoms with Crippen molar-refractivity contribution in [2.24, 2.45) is 5.92 Å². The van der Waals surface area contributed by atoms with Crippen molar-refractivity contribution >= 4 is 22.4 Å². The molecule has 0 fully saturated rings. The molecule has 0 aliphatic rings. The third kappa shape index (κ3) is 4.91. The Morgan fingerprint density at radius 1 is 1.03 bits per heavy atom. The number of aromatic nitrogens is 2. The number of benzene rings is 2. The summed E-state index contributed by atoms with van der Waals surface area (Å²) in [5.74, 6) is 0.283. The summed E-state index contributed by atoms with van der Waals surface area (Å²) in [6.07, 6.45) is 0. The number of hydrogen-bond acceptors (Lipinski definition) is 4. The standard InChI is InChI=1S/C24H29N3OS/c1-16(2)15-27(22(28)18-11-13-19(14-12-18)24(4,5)6)23-26-25-21(29-23)20-10-8-7-9-17(20)3/h7-14,16H,15H2,1-6H3. The van der Waals surface area contributed by atoms with E-state index in [1.165, 1.54) is 16.9 Å². The lowest BCUT2D eigenvalue weighted by Gasteiger charge is -2.23. The Kier molecular flexibility index (Phi) is 6.18. The van der Waals surface area contributed by atoms with Crippen LogP contribution >= 0.6 is 11.3 Å². The highest BCUT2D eigenvalue weighted by Gasteiger charge is 2.24. The zero-order valence-electron chi connectivity index (χ0n) is 18.1. The fourth-order valence-electron chi connectivity index (χ4n) is 3.13. The average Bonchev–Trinajstić information content (AvgIpc) is 3.15. The zero-order chi connectivity index (χ0) is 21.2. The minimum atomic E-state index is -0.0355. The maximum absolute atomic E-state index is 13.3. The SMILES string of the molecule is Cc1ccccc1-c1nnc(N(CC(C)C)C(=O)c2ccc(C(C)(C)C)cc2)s1. The summed E-state index contributed by atoms with van der Waals surface area (Å²) < 4.78 is 0. The van der Waals surface area contributed by atoms with Gasteiger partial charge in [-0.25, -0.2) is 0 Å². The smallest absolute Gasteiger partial charge is 0.260 e. The van der Waals surface area contributed by atoms with Gasteiger partial charge in [0.25, 0.3) is 5.91 Å². The zero-order valence-corrected chi connectivity index (χ0v) is 18.9. The molecule has 29 heavy (non-hydrogen) atoms. The Balaban J connectivity index is 1.92. The largest absolute Gasteiger partial charge is 0.282 e. The first-order valence-corrected chi connectivity index (χ1v) is 10.8. The molecule has 152 valence electrons. The van der Waals surface area contributed by atoms with Crippen molar-refractivity contribution in [3.8, 4) is 10.6 Å². The fraction of sp³-hybridized carbons (Fsp3) is 0.375. The van der Waals surface area contributed by atoms with Crippen molar-refractivity contribution in [1.82, 2.24) is 10.2 Å². The minimum absolute atomic E-state index is 0.0355. The van der Waals surface area contributed by atoms with Crippen LogP contribution in [0.3, 0.4) is 0 Å². The molecule has 0 radical (unpaired) electrons.